The minimum atomic E-state index is -0.225. The monoisotopic (exact) mass is 438 g/mol. The molecule has 2 aromatic heterocycles. The molecule has 3 heterocycles. The van der Waals surface area contributed by atoms with Gasteiger partial charge in [0.25, 0.3) is 0 Å². The third-order valence-electron chi connectivity index (χ3n) is 8.41. The van der Waals surface area contributed by atoms with Crippen LogP contribution >= 0.6 is 0 Å². The summed E-state index contributed by atoms with van der Waals surface area (Å²) < 4.78 is 15.2. The topological polar surface area (TPSA) is 63.2 Å². The van der Waals surface area contributed by atoms with Crippen LogP contribution in [0.1, 0.15) is 43.1 Å². The Balaban J connectivity index is 1.15. The Hall–Kier alpha value is -1.99. The van der Waals surface area contributed by atoms with Gasteiger partial charge >= 0.3 is 0 Å². The molecular weight excluding hydrogens is 403 g/mol. The number of alkyl halides is 1. The normalized spacial score (nSPS) is 30.6. The third kappa shape index (κ3) is 3.83. The van der Waals surface area contributed by atoms with E-state index < -0.39 is 0 Å². The van der Waals surface area contributed by atoms with Crippen molar-refractivity contribution in [2.24, 2.45) is 17.8 Å². The molecule has 4 aliphatic rings. The second kappa shape index (κ2) is 8.10. The van der Waals surface area contributed by atoms with Gasteiger partial charge in [0.15, 0.2) is 0 Å². The predicted octanol–water partition coefficient (Wildman–Crippen LogP) is 3.32. The molecule has 172 valence electrons. The lowest BCUT2D eigenvalue weighted by Crippen LogP contribution is -2.50. The fourth-order valence-electron chi connectivity index (χ4n) is 6.25. The molecule has 3 saturated carbocycles. The Kier molecular flexibility index (Phi) is 5.22. The van der Waals surface area contributed by atoms with E-state index >= 15 is 0 Å². The van der Waals surface area contributed by atoms with E-state index in [1.54, 1.807) is 0 Å². The number of rotatable bonds is 7. The van der Waals surface area contributed by atoms with Crippen LogP contribution in [0.5, 0.6) is 0 Å². The van der Waals surface area contributed by atoms with E-state index in [1.165, 1.54) is 31.5 Å². The number of nitrogen functional groups attached to an aromatic ring is 1. The number of aromatic nitrogens is 3. The summed E-state index contributed by atoms with van der Waals surface area (Å²) in [5, 5.41) is 0. The number of piperazine rings is 1. The molecule has 3 aliphatic carbocycles. The summed E-state index contributed by atoms with van der Waals surface area (Å²) in [6, 6.07) is 3.45. The van der Waals surface area contributed by atoms with Crippen LogP contribution in [0.25, 0.3) is 11.3 Å². The first kappa shape index (κ1) is 20.6. The molecule has 32 heavy (non-hydrogen) atoms. The second-order valence-electron chi connectivity index (χ2n) is 10.5. The minimum Gasteiger partial charge on any atom is -0.383 e. The van der Waals surface area contributed by atoms with Gasteiger partial charge in [-0.2, -0.15) is 0 Å². The Morgan fingerprint density at radius 3 is 2.53 bits per heavy atom. The highest BCUT2D eigenvalue weighted by Crippen LogP contribution is 2.62. The SMILES string of the molecule is Cc1cc(-c2cn([C@H]3[C@@H]4CC(N5CCN(CCF)CC5)C[C@@H]43)c(CC3CC3)n2)cnc1N. The highest BCUT2D eigenvalue weighted by atomic mass is 19.1. The van der Waals surface area contributed by atoms with Crippen LogP contribution in [-0.2, 0) is 6.42 Å². The maximum Gasteiger partial charge on any atom is 0.126 e. The quantitative estimate of drug-likeness (QED) is 0.719. The van der Waals surface area contributed by atoms with E-state index in [0.717, 1.165) is 67.2 Å². The Morgan fingerprint density at radius 1 is 1.12 bits per heavy atom. The molecule has 0 amide bonds. The number of nitrogens with zero attached hydrogens (tertiary/aromatic N) is 5. The lowest BCUT2D eigenvalue weighted by molar-refractivity contribution is 0.0873. The standard InChI is InChI=1S/C25H35FN6/c1-16-10-18(14-28-25(16)27)22-15-32(23(29-22)11-17-2-3-17)24-20-12-19(13-21(20)24)31-8-6-30(5-4-26)7-9-31/h10,14-15,17,19-21,24H,2-9,11-13H2,1H3,(H2,27,28)/t19?,20-,21+,24+. The van der Waals surface area contributed by atoms with Gasteiger partial charge in [-0.3, -0.25) is 9.80 Å². The number of halogens is 1. The zero-order valence-electron chi connectivity index (χ0n) is 19.1. The molecular formula is C25H35FN6. The summed E-state index contributed by atoms with van der Waals surface area (Å²) in [5.74, 6) is 4.26. The van der Waals surface area contributed by atoms with Crippen LogP contribution in [0.4, 0.5) is 10.2 Å². The Labute approximate surface area is 190 Å². The van der Waals surface area contributed by atoms with Crippen molar-refractivity contribution < 1.29 is 4.39 Å². The lowest BCUT2D eigenvalue weighted by Gasteiger charge is -2.38. The smallest absolute Gasteiger partial charge is 0.126 e. The van der Waals surface area contributed by atoms with Crippen molar-refractivity contribution >= 4 is 5.82 Å². The summed E-state index contributed by atoms with van der Waals surface area (Å²) in [5.41, 5.74) is 9.06. The Bertz CT molecular complexity index is 965. The van der Waals surface area contributed by atoms with Crippen LogP contribution in [0.15, 0.2) is 18.5 Å². The van der Waals surface area contributed by atoms with Crippen LogP contribution < -0.4 is 5.73 Å². The average Bonchev–Trinajstić information content (AvgIpc) is 3.64. The van der Waals surface area contributed by atoms with E-state index in [2.05, 4.69) is 31.6 Å². The third-order valence-corrected chi connectivity index (χ3v) is 8.41. The molecule has 4 atom stereocenters. The molecule has 0 radical (unpaired) electrons. The molecule has 7 heteroatoms. The van der Waals surface area contributed by atoms with Gasteiger partial charge in [-0.05, 0) is 62.0 Å². The zero-order chi connectivity index (χ0) is 21.8. The van der Waals surface area contributed by atoms with Gasteiger partial charge in [-0.15, -0.1) is 0 Å². The van der Waals surface area contributed by atoms with Gasteiger partial charge < -0.3 is 10.3 Å². The zero-order valence-corrected chi connectivity index (χ0v) is 19.1. The van der Waals surface area contributed by atoms with E-state index in [-0.39, 0.29) is 6.67 Å². The molecule has 6 nitrogen and oxygen atoms in total. The molecule has 2 aromatic rings. The first-order valence-electron chi connectivity index (χ1n) is 12.4. The van der Waals surface area contributed by atoms with Crippen molar-refractivity contribution in [1.29, 1.82) is 0 Å². The van der Waals surface area contributed by atoms with Crippen LogP contribution in [0, 0.1) is 24.7 Å². The van der Waals surface area contributed by atoms with Crippen molar-refractivity contribution in [3.8, 4) is 11.3 Å². The molecule has 4 fully saturated rings. The van der Waals surface area contributed by atoms with E-state index in [0.29, 0.717) is 24.4 Å². The van der Waals surface area contributed by atoms with Gasteiger partial charge in [-0.25, -0.2) is 14.4 Å². The molecule has 0 spiro atoms. The summed E-state index contributed by atoms with van der Waals surface area (Å²) in [7, 11) is 0. The Morgan fingerprint density at radius 2 is 1.88 bits per heavy atom. The molecule has 1 saturated heterocycles. The van der Waals surface area contributed by atoms with Crippen LogP contribution in [0.3, 0.4) is 0 Å². The first-order valence-corrected chi connectivity index (χ1v) is 12.4. The summed E-state index contributed by atoms with van der Waals surface area (Å²) in [6.07, 6.45) is 10.6. The van der Waals surface area contributed by atoms with Gasteiger partial charge in [0.1, 0.15) is 18.3 Å². The molecule has 1 aliphatic heterocycles. The van der Waals surface area contributed by atoms with Gasteiger partial charge in [0, 0.05) is 69.2 Å². The fraction of sp³-hybridized carbons (Fsp3) is 0.680. The van der Waals surface area contributed by atoms with E-state index in [1.807, 2.05) is 13.1 Å². The molecule has 6 rings (SSSR count). The number of pyridine rings is 1. The lowest BCUT2D eigenvalue weighted by atomic mass is 10.1. The number of fused-ring (bicyclic) bond motifs is 1. The fourth-order valence-corrected chi connectivity index (χ4v) is 6.25. The number of hydrogen-bond donors (Lipinski definition) is 1. The van der Waals surface area contributed by atoms with Gasteiger partial charge in [0.05, 0.1) is 5.69 Å². The van der Waals surface area contributed by atoms with Crippen molar-refractivity contribution in [1.82, 2.24) is 24.3 Å². The highest BCUT2D eigenvalue weighted by Gasteiger charge is 2.58. The number of hydrogen-bond acceptors (Lipinski definition) is 5. The number of imidazole rings is 1. The van der Waals surface area contributed by atoms with Gasteiger partial charge in [-0.1, -0.05) is 0 Å². The number of anilines is 1. The van der Waals surface area contributed by atoms with Crippen LogP contribution in [0.2, 0.25) is 0 Å². The minimum absolute atomic E-state index is 0.225. The van der Waals surface area contributed by atoms with Crippen molar-refractivity contribution in [2.45, 2.75) is 51.1 Å². The number of nitrogens with two attached hydrogens (primary N) is 1. The van der Waals surface area contributed by atoms with E-state index in [9.17, 15) is 4.39 Å². The van der Waals surface area contributed by atoms with Gasteiger partial charge in [0.2, 0.25) is 0 Å². The molecule has 1 unspecified atom stereocenters. The maximum atomic E-state index is 12.6. The second-order valence-corrected chi connectivity index (χ2v) is 10.5. The average molecular weight is 439 g/mol. The molecule has 0 aromatic carbocycles. The highest BCUT2D eigenvalue weighted by molar-refractivity contribution is 5.61. The van der Waals surface area contributed by atoms with Crippen LogP contribution in [-0.4, -0.2) is 69.8 Å². The molecule has 0 bridgehead atoms. The predicted molar refractivity (Wildman–Crippen MR) is 124 cm³/mol. The maximum absolute atomic E-state index is 12.6. The summed E-state index contributed by atoms with van der Waals surface area (Å²) in [4.78, 5) is 14.4. The number of aryl methyl sites for hydroxylation is 1. The first-order chi connectivity index (χ1) is 15.6. The van der Waals surface area contributed by atoms with E-state index in [4.69, 9.17) is 10.7 Å². The molecule has 2 N–H and O–H groups in total. The largest absolute Gasteiger partial charge is 0.383 e. The summed E-state index contributed by atoms with van der Waals surface area (Å²) >= 11 is 0. The van der Waals surface area contributed by atoms with Crippen molar-refractivity contribution in [3.63, 3.8) is 0 Å². The van der Waals surface area contributed by atoms with Crippen molar-refractivity contribution in [2.75, 3.05) is 45.1 Å². The van der Waals surface area contributed by atoms with Crippen molar-refractivity contribution in [3.05, 3.63) is 29.8 Å². The summed E-state index contributed by atoms with van der Waals surface area (Å²) in [6.45, 7) is 6.62.